The van der Waals surface area contributed by atoms with Gasteiger partial charge in [0.25, 0.3) is 0 Å². The fourth-order valence-corrected chi connectivity index (χ4v) is 4.74. The number of benzene rings is 1. The highest BCUT2D eigenvalue weighted by atomic mass is 16.2. The van der Waals surface area contributed by atoms with Crippen LogP contribution in [0.25, 0.3) is 5.69 Å². The molecule has 0 radical (unpaired) electrons. The van der Waals surface area contributed by atoms with Crippen LogP contribution in [0.3, 0.4) is 0 Å². The summed E-state index contributed by atoms with van der Waals surface area (Å²) < 4.78 is 3.28. The second-order valence-electron chi connectivity index (χ2n) is 8.31. The molecule has 1 aliphatic carbocycles. The molecule has 6 nitrogen and oxygen atoms in total. The van der Waals surface area contributed by atoms with Crippen LogP contribution in [0.4, 0.5) is 0 Å². The lowest BCUT2D eigenvalue weighted by Gasteiger charge is -2.36. The van der Waals surface area contributed by atoms with Crippen molar-refractivity contribution in [2.24, 2.45) is 18.7 Å². The number of hydrogen-bond acceptors (Lipinski definition) is 4. The van der Waals surface area contributed by atoms with Gasteiger partial charge in [-0.3, -0.25) is 0 Å². The van der Waals surface area contributed by atoms with Crippen molar-refractivity contribution < 1.29 is 0 Å². The van der Waals surface area contributed by atoms with Gasteiger partial charge >= 0.3 is 5.69 Å². The summed E-state index contributed by atoms with van der Waals surface area (Å²) in [5, 5.41) is 4.63. The highest BCUT2D eigenvalue weighted by Gasteiger charge is 2.29. The van der Waals surface area contributed by atoms with E-state index in [9.17, 15) is 4.79 Å². The maximum atomic E-state index is 12.7. The molecule has 1 atom stereocenters. The first-order valence-electron chi connectivity index (χ1n) is 10.3. The largest absolute Gasteiger partial charge is 0.350 e. The number of rotatable bonds is 4. The van der Waals surface area contributed by atoms with Gasteiger partial charge in [-0.15, -0.1) is 0 Å². The van der Waals surface area contributed by atoms with E-state index in [-0.39, 0.29) is 5.69 Å². The molecular weight excluding hydrogens is 338 g/mol. The zero-order valence-corrected chi connectivity index (χ0v) is 16.3. The van der Waals surface area contributed by atoms with E-state index >= 15 is 0 Å². The van der Waals surface area contributed by atoms with Gasteiger partial charge in [-0.2, -0.15) is 5.10 Å². The van der Waals surface area contributed by atoms with Gasteiger partial charge in [0.05, 0.1) is 5.69 Å². The molecule has 0 unspecified atom stereocenters. The molecule has 1 saturated heterocycles. The van der Waals surface area contributed by atoms with E-state index in [2.05, 4.69) is 10.00 Å². The first kappa shape index (κ1) is 18.4. The standard InChI is InChI=1S/C21H31N5O/c1-24-21(27)26(19-7-3-2-4-8-19)20(23-24)17-6-5-13-25(15-17)14-16-9-11-18(22)12-10-16/h2-4,7-8,16-18H,5-6,9-15,22H2,1H3/t16?,17-,18?/m0/s1. The van der Waals surface area contributed by atoms with Crippen LogP contribution in [-0.2, 0) is 7.05 Å². The minimum Gasteiger partial charge on any atom is -0.328 e. The Hall–Kier alpha value is -1.92. The van der Waals surface area contributed by atoms with Crippen molar-refractivity contribution in [3.05, 3.63) is 46.6 Å². The van der Waals surface area contributed by atoms with Crippen molar-refractivity contribution in [1.82, 2.24) is 19.2 Å². The van der Waals surface area contributed by atoms with Crippen LogP contribution in [-0.4, -0.2) is 44.9 Å². The van der Waals surface area contributed by atoms with Gasteiger partial charge in [0.1, 0.15) is 5.82 Å². The molecule has 2 aromatic rings. The number of piperidine rings is 1. The first-order chi connectivity index (χ1) is 13.1. The molecule has 1 aliphatic heterocycles. The number of hydrogen-bond donors (Lipinski definition) is 1. The molecule has 2 heterocycles. The topological polar surface area (TPSA) is 69.1 Å². The Balaban J connectivity index is 1.52. The summed E-state index contributed by atoms with van der Waals surface area (Å²) in [4.78, 5) is 15.3. The molecule has 4 rings (SSSR count). The van der Waals surface area contributed by atoms with Crippen molar-refractivity contribution >= 4 is 0 Å². The highest BCUT2D eigenvalue weighted by molar-refractivity contribution is 5.33. The lowest BCUT2D eigenvalue weighted by atomic mass is 9.85. The molecule has 146 valence electrons. The fraction of sp³-hybridized carbons (Fsp3) is 0.619. The van der Waals surface area contributed by atoms with Crippen LogP contribution in [0, 0.1) is 5.92 Å². The molecule has 0 bridgehead atoms. The van der Waals surface area contributed by atoms with Gasteiger partial charge in [-0.05, 0) is 63.1 Å². The number of aromatic nitrogens is 3. The number of nitrogens with two attached hydrogens (primary N) is 1. The number of nitrogens with zero attached hydrogens (tertiary/aromatic N) is 4. The van der Waals surface area contributed by atoms with Crippen molar-refractivity contribution in [3.8, 4) is 5.69 Å². The molecular formula is C21H31N5O. The molecule has 0 amide bonds. The molecule has 2 N–H and O–H groups in total. The summed E-state index contributed by atoms with van der Waals surface area (Å²) in [5.74, 6) is 1.98. The van der Waals surface area contributed by atoms with Crippen LogP contribution in [0.5, 0.6) is 0 Å². The monoisotopic (exact) mass is 369 g/mol. The Morgan fingerprint density at radius 3 is 2.59 bits per heavy atom. The maximum absolute atomic E-state index is 12.7. The second-order valence-corrected chi connectivity index (χ2v) is 8.31. The quantitative estimate of drug-likeness (QED) is 0.898. The second kappa shape index (κ2) is 7.98. The summed E-state index contributed by atoms with van der Waals surface area (Å²) in [6, 6.07) is 10.3. The van der Waals surface area contributed by atoms with Crippen LogP contribution >= 0.6 is 0 Å². The molecule has 1 saturated carbocycles. The summed E-state index contributed by atoms with van der Waals surface area (Å²) in [6.45, 7) is 3.30. The average molecular weight is 370 g/mol. The maximum Gasteiger partial charge on any atom is 0.350 e. The number of para-hydroxylation sites is 1. The Bertz CT molecular complexity index is 804. The van der Waals surface area contributed by atoms with Crippen molar-refractivity contribution in [1.29, 1.82) is 0 Å². The van der Waals surface area contributed by atoms with Crippen LogP contribution < -0.4 is 11.4 Å². The normalized spacial score (nSPS) is 27.0. The van der Waals surface area contributed by atoms with E-state index < -0.39 is 0 Å². The molecule has 6 heteroatoms. The molecule has 0 spiro atoms. The number of aryl methyl sites for hydroxylation is 1. The van der Waals surface area contributed by atoms with Crippen molar-refractivity contribution in [2.45, 2.75) is 50.5 Å². The minimum atomic E-state index is -0.0606. The van der Waals surface area contributed by atoms with E-state index in [1.54, 1.807) is 11.6 Å². The molecule has 2 aliphatic rings. The molecule has 2 fully saturated rings. The summed E-state index contributed by atoms with van der Waals surface area (Å²) in [5.41, 5.74) is 6.91. The van der Waals surface area contributed by atoms with Gasteiger partial charge in [-0.25, -0.2) is 14.0 Å². The minimum absolute atomic E-state index is 0.0606. The van der Waals surface area contributed by atoms with Crippen LogP contribution in [0.2, 0.25) is 0 Å². The van der Waals surface area contributed by atoms with E-state index in [0.29, 0.717) is 12.0 Å². The average Bonchev–Trinajstić information content (AvgIpc) is 2.99. The first-order valence-corrected chi connectivity index (χ1v) is 10.3. The Morgan fingerprint density at radius 2 is 1.85 bits per heavy atom. The molecule has 1 aromatic heterocycles. The number of likely N-dealkylation sites (tertiary alicyclic amines) is 1. The van der Waals surface area contributed by atoms with E-state index in [0.717, 1.165) is 62.7 Å². The lowest BCUT2D eigenvalue weighted by molar-refractivity contribution is 0.154. The van der Waals surface area contributed by atoms with Crippen LogP contribution in [0.15, 0.2) is 35.1 Å². The Labute approximate surface area is 161 Å². The molecule has 1 aromatic carbocycles. The SMILES string of the molecule is Cn1nc([C@H]2CCCN(CC3CCC(N)CC3)C2)n(-c2ccccc2)c1=O. The van der Waals surface area contributed by atoms with Crippen molar-refractivity contribution in [3.63, 3.8) is 0 Å². The zero-order chi connectivity index (χ0) is 18.8. The Kier molecular flexibility index (Phi) is 5.45. The van der Waals surface area contributed by atoms with Crippen LogP contribution in [0.1, 0.15) is 50.3 Å². The third kappa shape index (κ3) is 4.01. The smallest absolute Gasteiger partial charge is 0.328 e. The highest BCUT2D eigenvalue weighted by Crippen LogP contribution is 2.29. The van der Waals surface area contributed by atoms with Gasteiger partial charge in [-0.1, -0.05) is 18.2 Å². The van der Waals surface area contributed by atoms with E-state index in [4.69, 9.17) is 5.73 Å². The fourth-order valence-electron chi connectivity index (χ4n) is 4.74. The van der Waals surface area contributed by atoms with E-state index in [1.807, 2.05) is 30.3 Å². The van der Waals surface area contributed by atoms with Gasteiger partial charge in [0.2, 0.25) is 0 Å². The third-order valence-electron chi connectivity index (χ3n) is 6.24. The van der Waals surface area contributed by atoms with E-state index in [1.165, 1.54) is 17.5 Å². The van der Waals surface area contributed by atoms with Crippen molar-refractivity contribution in [2.75, 3.05) is 19.6 Å². The summed E-state index contributed by atoms with van der Waals surface area (Å²) in [7, 11) is 1.75. The summed E-state index contributed by atoms with van der Waals surface area (Å²) >= 11 is 0. The molecule has 27 heavy (non-hydrogen) atoms. The lowest BCUT2D eigenvalue weighted by Crippen LogP contribution is -2.40. The Morgan fingerprint density at radius 1 is 1.11 bits per heavy atom. The predicted octanol–water partition coefficient (Wildman–Crippen LogP) is 2.27. The third-order valence-corrected chi connectivity index (χ3v) is 6.24. The predicted molar refractivity (Wildman–Crippen MR) is 107 cm³/mol. The van der Waals surface area contributed by atoms with Gasteiger partial charge < -0.3 is 10.6 Å². The van der Waals surface area contributed by atoms with Gasteiger partial charge in [0, 0.05) is 32.1 Å². The zero-order valence-electron chi connectivity index (χ0n) is 16.3. The summed E-state index contributed by atoms with van der Waals surface area (Å²) in [6.07, 6.45) is 7.08. The van der Waals surface area contributed by atoms with Gasteiger partial charge in [0.15, 0.2) is 0 Å².